The van der Waals surface area contributed by atoms with Gasteiger partial charge in [0.1, 0.15) is 0 Å². The summed E-state index contributed by atoms with van der Waals surface area (Å²) in [5, 5.41) is 0. The quantitative estimate of drug-likeness (QED) is 0.789. The van der Waals surface area contributed by atoms with Gasteiger partial charge in [0, 0.05) is 19.6 Å². The highest BCUT2D eigenvalue weighted by molar-refractivity contribution is 5.74. The zero-order valence-corrected chi connectivity index (χ0v) is 10.9. The van der Waals surface area contributed by atoms with E-state index >= 15 is 0 Å². The fourth-order valence-electron chi connectivity index (χ4n) is 2.59. The Morgan fingerprint density at radius 2 is 2.06 bits per heavy atom. The molecule has 3 nitrogen and oxygen atoms in total. The maximum atomic E-state index is 6.08. The largest absolute Gasteiger partial charge is 0.397 e. The normalized spacial score (nSPS) is 14.4. The lowest BCUT2D eigenvalue weighted by atomic mass is 10.1. The van der Waals surface area contributed by atoms with Gasteiger partial charge in [-0.3, -0.25) is 0 Å². The Hall–Kier alpha value is -1.22. The Balaban J connectivity index is 2.02. The van der Waals surface area contributed by atoms with E-state index in [1.807, 2.05) is 6.07 Å². The maximum absolute atomic E-state index is 6.08. The number of fused-ring (bicyclic) bond motifs is 1. The van der Waals surface area contributed by atoms with Crippen molar-refractivity contribution >= 4 is 11.4 Å². The Kier molecular flexibility index (Phi) is 3.89. The molecule has 2 rings (SSSR count). The number of para-hydroxylation sites is 1. The van der Waals surface area contributed by atoms with E-state index in [4.69, 9.17) is 5.73 Å². The molecule has 94 valence electrons. The van der Waals surface area contributed by atoms with Gasteiger partial charge in [-0.15, -0.1) is 0 Å². The first-order chi connectivity index (χ1) is 8.26. The molecular formula is C14H23N3. The maximum Gasteiger partial charge on any atom is 0.0633 e. The van der Waals surface area contributed by atoms with E-state index in [1.165, 1.54) is 11.3 Å². The molecule has 0 unspecified atom stereocenters. The number of nitrogens with zero attached hydrogens (tertiary/aromatic N) is 2. The second-order valence-electron chi connectivity index (χ2n) is 4.62. The summed E-state index contributed by atoms with van der Waals surface area (Å²) in [7, 11) is 0. The molecule has 1 aromatic rings. The van der Waals surface area contributed by atoms with Crippen LogP contribution in [0.1, 0.15) is 19.4 Å². The monoisotopic (exact) mass is 233 g/mol. The van der Waals surface area contributed by atoms with Gasteiger partial charge in [-0.2, -0.15) is 0 Å². The number of anilines is 2. The summed E-state index contributed by atoms with van der Waals surface area (Å²) in [6.45, 7) is 10.0. The number of rotatable bonds is 5. The number of hydrogen-bond acceptors (Lipinski definition) is 3. The van der Waals surface area contributed by atoms with Gasteiger partial charge >= 0.3 is 0 Å². The summed E-state index contributed by atoms with van der Waals surface area (Å²) in [6.07, 6.45) is 1.14. The number of nitrogens with two attached hydrogens (primary N) is 1. The number of hydrogen-bond donors (Lipinski definition) is 1. The van der Waals surface area contributed by atoms with Crippen molar-refractivity contribution in [3.63, 3.8) is 0 Å². The van der Waals surface area contributed by atoms with Gasteiger partial charge in [-0.05, 0) is 31.1 Å². The molecule has 1 aliphatic heterocycles. The molecular weight excluding hydrogens is 210 g/mol. The van der Waals surface area contributed by atoms with Gasteiger partial charge in [0.25, 0.3) is 0 Å². The summed E-state index contributed by atoms with van der Waals surface area (Å²) in [4.78, 5) is 4.89. The molecule has 0 saturated heterocycles. The second kappa shape index (κ2) is 5.41. The molecule has 0 amide bonds. The lowest BCUT2D eigenvalue weighted by Crippen LogP contribution is -2.34. The molecule has 1 aliphatic rings. The number of benzene rings is 1. The van der Waals surface area contributed by atoms with Crippen molar-refractivity contribution in [3.05, 3.63) is 23.8 Å². The second-order valence-corrected chi connectivity index (χ2v) is 4.62. The molecule has 0 fully saturated rings. The summed E-state index contributed by atoms with van der Waals surface area (Å²) >= 11 is 0. The van der Waals surface area contributed by atoms with Crippen LogP contribution in [0.5, 0.6) is 0 Å². The van der Waals surface area contributed by atoms with Crippen LogP contribution >= 0.6 is 0 Å². The van der Waals surface area contributed by atoms with Gasteiger partial charge in [0.15, 0.2) is 0 Å². The van der Waals surface area contributed by atoms with Crippen LogP contribution in [-0.2, 0) is 6.42 Å². The van der Waals surface area contributed by atoms with E-state index in [0.717, 1.165) is 44.8 Å². The van der Waals surface area contributed by atoms with Gasteiger partial charge in [-0.1, -0.05) is 26.0 Å². The van der Waals surface area contributed by atoms with Crippen LogP contribution in [0.4, 0.5) is 11.4 Å². The highest BCUT2D eigenvalue weighted by Crippen LogP contribution is 2.33. The lowest BCUT2D eigenvalue weighted by molar-refractivity contribution is 0.310. The van der Waals surface area contributed by atoms with Gasteiger partial charge in [0.05, 0.1) is 11.4 Å². The molecule has 0 saturated carbocycles. The van der Waals surface area contributed by atoms with Gasteiger partial charge in [-0.25, -0.2) is 0 Å². The highest BCUT2D eigenvalue weighted by atomic mass is 15.2. The van der Waals surface area contributed by atoms with E-state index in [-0.39, 0.29) is 0 Å². The Labute approximate surface area is 104 Å². The van der Waals surface area contributed by atoms with E-state index in [9.17, 15) is 0 Å². The van der Waals surface area contributed by atoms with Crippen molar-refractivity contribution in [2.75, 3.05) is 43.4 Å². The van der Waals surface area contributed by atoms with Crippen molar-refractivity contribution in [1.29, 1.82) is 0 Å². The van der Waals surface area contributed by atoms with E-state index in [2.05, 4.69) is 35.8 Å². The Morgan fingerprint density at radius 1 is 1.29 bits per heavy atom. The minimum Gasteiger partial charge on any atom is -0.397 e. The van der Waals surface area contributed by atoms with Crippen LogP contribution in [0.15, 0.2) is 18.2 Å². The molecule has 0 bridgehead atoms. The SMILES string of the molecule is CCN(CC)CCN1CCc2cccc(N)c21. The van der Waals surface area contributed by atoms with Gasteiger partial charge in [0.2, 0.25) is 0 Å². The summed E-state index contributed by atoms with van der Waals surface area (Å²) < 4.78 is 0. The van der Waals surface area contributed by atoms with E-state index in [0.29, 0.717) is 0 Å². The van der Waals surface area contributed by atoms with E-state index in [1.54, 1.807) is 0 Å². The smallest absolute Gasteiger partial charge is 0.0633 e. The van der Waals surface area contributed by atoms with Crippen LogP contribution in [0, 0.1) is 0 Å². The third kappa shape index (κ3) is 2.55. The average molecular weight is 233 g/mol. The molecule has 0 atom stereocenters. The van der Waals surface area contributed by atoms with Crippen LogP contribution < -0.4 is 10.6 Å². The van der Waals surface area contributed by atoms with Crippen molar-refractivity contribution in [1.82, 2.24) is 4.90 Å². The molecule has 1 aromatic carbocycles. The fourth-order valence-corrected chi connectivity index (χ4v) is 2.59. The number of nitrogen functional groups attached to an aromatic ring is 1. The molecule has 0 aromatic heterocycles. The topological polar surface area (TPSA) is 32.5 Å². The van der Waals surface area contributed by atoms with Crippen molar-refractivity contribution < 1.29 is 0 Å². The first kappa shape index (κ1) is 12.2. The third-order valence-corrected chi connectivity index (χ3v) is 3.70. The lowest BCUT2D eigenvalue weighted by Gasteiger charge is -2.25. The van der Waals surface area contributed by atoms with Crippen molar-refractivity contribution in [3.8, 4) is 0 Å². The molecule has 0 spiro atoms. The number of likely N-dealkylation sites (N-methyl/N-ethyl adjacent to an activating group) is 1. The third-order valence-electron chi connectivity index (χ3n) is 3.70. The van der Waals surface area contributed by atoms with Crippen LogP contribution in [0.2, 0.25) is 0 Å². The van der Waals surface area contributed by atoms with E-state index < -0.39 is 0 Å². The first-order valence-corrected chi connectivity index (χ1v) is 6.61. The van der Waals surface area contributed by atoms with Crippen LogP contribution in [0.25, 0.3) is 0 Å². The molecule has 3 heteroatoms. The molecule has 0 aliphatic carbocycles. The predicted octanol–water partition coefficient (Wildman–Crippen LogP) is 1.97. The van der Waals surface area contributed by atoms with Crippen molar-refractivity contribution in [2.24, 2.45) is 0 Å². The first-order valence-electron chi connectivity index (χ1n) is 6.61. The molecule has 1 heterocycles. The molecule has 2 N–H and O–H groups in total. The minimum atomic E-state index is 0.930. The minimum absolute atomic E-state index is 0.930. The Bertz CT molecular complexity index is 372. The average Bonchev–Trinajstić information content (AvgIpc) is 2.75. The van der Waals surface area contributed by atoms with Crippen molar-refractivity contribution in [2.45, 2.75) is 20.3 Å². The summed E-state index contributed by atoms with van der Waals surface area (Å²) in [6, 6.07) is 6.26. The van der Waals surface area contributed by atoms with Gasteiger partial charge < -0.3 is 15.5 Å². The molecule has 0 radical (unpaired) electrons. The zero-order valence-electron chi connectivity index (χ0n) is 10.9. The highest BCUT2D eigenvalue weighted by Gasteiger charge is 2.20. The molecule has 17 heavy (non-hydrogen) atoms. The fraction of sp³-hybridized carbons (Fsp3) is 0.571. The summed E-state index contributed by atoms with van der Waals surface area (Å²) in [5.74, 6) is 0. The Morgan fingerprint density at radius 3 is 2.76 bits per heavy atom. The van der Waals surface area contributed by atoms with Crippen LogP contribution in [0.3, 0.4) is 0 Å². The zero-order chi connectivity index (χ0) is 12.3. The predicted molar refractivity (Wildman–Crippen MR) is 74.6 cm³/mol. The standard InChI is InChI=1S/C14H23N3/c1-3-16(4-2)10-11-17-9-8-12-6-5-7-13(15)14(12)17/h5-7H,3-4,8-11,15H2,1-2H3. The van der Waals surface area contributed by atoms with Crippen LogP contribution in [-0.4, -0.2) is 37.6 Å². The summed E-state index contributed by atoms with van der Waals surface area (Å²) in [5.41, 5.74) is 9.69.